The van der Waals surface area contributed by atoms with Gasteiger partial charge in [0.25, 0.3) is 0 Å². The summed E-state index contributed by atoms with van der Waals surface area (Å²) >= 11 is 0. The summed E-state index contributed by atoms with van der Waals surface area (Å²) in [6, 6.07) is 31.5. The molecule has 4 aromatic heterocycles. The summed E-state index contributed by atoms with van der Waals surface area (Å²) in [4.78, 5) is 17.4. The summed E-state index contributed by atoms with van der Waals surface area (Å²) in [5.41, 5.74) is 19.1. The molecular formula is C46H48N8O3. The third-order valence-electron chi connectivity index (χ3n) is 9.52. The number of aryl methyl sites for hydroxylation is 1. The van der Waals surface area contributed by atoms with Crippen LogP contribution in [0.25, 0.3) is 44.3 Å². The summed E-state index contributed by atoms with van der Waals surface area (Å²) < 4.78 is 21.6. The first-order chi connectivity index (χ1) is 27.2. The van der Waals surface area contributed by atoms with Crippen LogP contribution >= 0.6 is 0 Å². The lowest BCUT2D eigenvalue weighted by Gasteiger charge is -2.21. The van der Waals surface area contributed by atoms with Crippen LogP contribution in [-0.4, -0.2) is 36.2 Å². The fourth-order valence-electron chi connectivity index (χ4n) is 6.68. The van der Waals surface area contributed by atoms with E-state index in [1.807, 2.05) is 104 Å². The highest BCUT2D eigenvalue weighted by atomic mass is 16.5. The zero-order valence-electron chi connectivity index (χ0n) is 33.6. The molecule has 0 amide bonds. The van der Waals surface area contributed by atoms with Gasteiger partial charge in [0.2, 0.25) is 0 Å². The topological polar surface area (TPSA) is 141 Å². The standard InChI is InChI=1S/C23H24N4O2.C23H24N4O/c1-23(2,3)27-13-17(20-21(24)25-14-26-22(20)27)15-9-11-16(12-10-15)29-19-8-6-5-7-18(19)28-4;1-15-6-5-7-18(12-15)28-17-10-8-16(9-11-17)19-13-27(23(2,3)4)22-20(19)21(24)25-14-26-22/h5-14H,1-4H3,(H2,24,25,26);5-14H,1-4H3,(H2,24,25,26). The van der Waals surface area contributed by atoms with Crippen molar-refractivity contribution in [2.24, 2.45) is 0 Å². The molecule has 11 heteroatoms. The summed E-state index contributed by atoms with van der Waals surface area (Å²) in [6.45, 7) is 14.9. The van der Waals surface area contributed by atoms with Crippen molar-refractivity contribution in [2.75, 3.05) is 18.6 Å². The predicted octanol–water partition coefficient (Wildman–Crippen LogP) is 10.8. The molecule has 0 saturated carbocycles. The van der Waals surface area contributed by atoms with E-state index in [1.165, 1.54) is 18.2 Å². The minimum atomic E-state index is -0.135. The maximum atomic E-state index is 6.21. The van der Waals surface area contributed by atoms with Crippen LogP contribution in [0.5, 0.6) is 28.7 Å². The van der Waals surface area contributed by atoms with Crippen molar-refractivity contribution < 1.29 is 14.2 Å². The van der Waals surface area contributed by atoms with E-state index >= 15 is 0 Å². The number of hydrogen-bond acceptors (Lipinski definition) is 9. The minimum absolute atomic E-state index is 0.120. The third kappa shape index (κ3) is 8.09. The predicted molar refractivity (Wildman–Crippen MR) is 229 cm³/mol. The van der Waals surface area contributed by atoms with E-state index in [1.54, 1.807) is 7.11 Å². The van der Waals surface area contributed by atoms with Crippen molar-refractivity contribution in [3.63, 3.8) is 0 Å². The van der Waals surface area contributed by atoms with Gasteiger partial charge in [0, 0.05) is 34.6 Å². The second-order valence-corrected chi connectivity index (χ2v) is 15.8. The van der Waals surface area contributed by atoms with Crippen LogP contribution in [0, 0.1) is 6.92 Å². The summed E-state index contributed by atoms with van der Waals surface area (Å²) in [7, 11) is 1.63. The van der Waals surface area contributed by atoms with Crippen LogP contribution in [0.2, 0.25) is 0 Å². The second-order valence-electron chi connectivity index (χ2n) is 15.8. The van der Waals surface area contributed by atoms with Gasteiger partial charge in [-0.25, -0.2) is 19.9 Å². The zero-order valence-corrected chi connectivity index (χ0v) is 33.6. The summed E-state index contributed by atoms with van der Waals surface area (Å²) in [5, 5.41) is 1.74. The van der Waals surface area contributed by atoms with E-state index in [-0.39, 0.29) is 11.1 Å². The number of methoxy groups -OCH3 is 1. The van der Waals surface area contributed by atoms with E-state index in [9.17, 15) is 0 Å². The Morgan fingerprint density at radius 2 is 1.00 bits per heavy atom. The highest BCUT2D eigenvalue weighted by molar-refractivity contribution is 6.01. The fourth-order valence-corrected chi connectivity index (χ4v) is 6.68. The Balaban J connectivity index is 0.000000174. The second kappa shape index (κ2) is 15.3. The van der Waals surface area contributed by atoms with Crippen molar-refractivity contribution in [3.05, 3.63) is 128 Å². The number of fused-ring (bicyclic) bond motifs is 2. The molecule has 0 bridgehead atoms. The lowest BCUT2D eigenvalue weighted by atomic mass is 10.1. The molecule has 0 saturated heterocycles. The lowest BCUT2D eigenvalue weighted by Crippen LogP contribution is -2.21. The van der Waals surface area contributed by atoms with Gasteiger partial charge in [-0.15, -0.1) is 0 Å². The summed E-state index contributed by atoms with van der Waals surface area (Å²) in [6.07, 6.45) is 7.22. The van der Waals surface area contributed by atoms with Gasteiger partial charge in [-0.3, -0.25) is 0 Å². The number of ether oxygens (including phenoxy) is 3. The highest BCUT2D eigenvalue weighted by Gasteiger charge is 2.23. The maximum absolute atomic E-state index is 6.21. The van der Waals surface area contributed by atoms with Crippen molar-refractivity contribution in [2.45, 2.75) is 59.5 Å². The molecule has 0 radical (unpaired) electrons. The van der Waals surface area contributed by atoms with Gasteiger partial charge in [-0.05, 0) is 114 Å². The number of hydrogen-bond donors (Lipinski definition) is 2. The van der Waals surface area contributed by atoms with Gasteiger partial charge in [0.05, 0.1) is 17.9 Å². The molecule has 4 N–H and O–H groups in total. The molecule has 11 nitrogen and oxygen atoms in total. The zero-order chi connectivity index (χ0) is 40.5. The van der Waals surface area contributed by atoms with Crippen LogP contribution in [0.4, 0.5) is 11.6 Å². The monoisotopic (exact) mass is 760 g/mol. The molecule has 0 aliphatic heterocycles. The molecule has 8 aromatic rings. The molecule has 57 heavy (non-hydrogen) atoms. The van der Waals surface area contributed by atoms with E-state index in [2.05, 4.69) is 83.0 Å². The number of para-hydroxylation sites is 2. The van der Waals surface area contributed by atoms with Crippen LogP contribution in [0.1, 0.15) is 47.1 Å². The average Bonchev–Trinajstić information content (AvgIpc) is 3.78. The van der Waals surface area contributed by atoms with E-state index in [4.69, 9.17) is 25.7 Å². The Morgan fingerprint density at radius 1 is 0.526 bits per heavy atom. The molecule has 4 aromatic carbocycles. The molecule has 4 heterocycles. The molecule has 0 unspecified atom stereocenters. The molecule has 8 rings (SSSR count). The molecular weight excluding hydrogens is 713 g/mol. The van der Waals surface area contributed by atoms with Gasteiger partial charge in [-0.1, -0.05) is 48.5 Å². The number of nitrogens with zero attached hydrogens (tertiary/aromatic N) is 6. The first-order valence-corrected chi connectivity index (χ1v) is 18.7. The van der Waals surface area contributed by atoms with E-state index in [0.29, 0.717) is 23.1 Å². The Bertz CT molecular complexity index is 2670. The quantitative estimate of drug-likeness (QED) is 0.162. The molecule has 0 aliphatic carbocycles. The highest BCUT2D eigenvalue weighted by Crippen LogP contribution is 2.39. The number of rotatable bonds is 7. The molecule has 0 fully saturated rings. The Kier molecular flexibility index (Phi) is 10.3. The Morgan fingerprint density at radius 3 is 1.46 bits per heavy atom. The van der Waals surface area contributed by atoms with Gasteiger partial charge >= 0.3 is 0 Å². The van der Waals surface area contributed by atoms with Crippen LogP contribution in [0.15, 0.2) is 122 Å². The van der Waals surface area contributed by atoms with Crippen LogP contribution < -0.4 is 25.7 Å². The number of nitrogen functional groups attached to an aromatic ring is 2. The minimum Gasteiger partial charge on any atom is -0.493 e. The van der Waals surface area contributed by atoms with E-state index in [0.717, 1.165) is 61.6 Å². The first kappa shape index (κ1) is 38.4. The number of aromatic nitrogens is 6. The third-order valence-corrected chi connectivity index (χ3v) is 9.52. The van der Waals surface area contributed by atoms with Crippen molar-refractivity contribution in [1.29, 1.82) is 0 Å². The lowest BCUT2D eigenvalue weighted by molar-refractivity contribution is 0.379. The van der Waals surface area contributed by atoms with Gasteiger partial charge < -0.3 is 34.8 Å². The van der Waals surface area contributed by atoms with Crippen LogP contribution in [0.3, 0.4) is 0 Å². The maximum Gasteiger partial charge on any atom is 0.169 e. The Labute approximate surface area is 332 Å². The first-order valence-electron chi connectivity index (χ1n) is 18.7. The Hall–Kier alpha value is -6.88. The smallest absolute Gasteiger partial charge is 0.169 e. The fraction of sp³-hybridized carbons (Fsp3) is 0.217. The van der Waals surface area contributed by atoms with Gasteiger partial charge in [-0.2, -0.15) is 0 Å². The van der Waals surface area contributed by atoms with E-state index < -0.39 is 0 Å². The molecule has 0 spiro atoms. The number of benzene rings is 4. The summed E-state index contributed by atoms with van der Waals surface area (Å²) in [5.74, 6) is 4.67. The van der Waals surface area contributed by atoms with Gasteiger partial charge in [0.1, 0.15) is 52.8 Å². The molecule has 290 valence electrons. The number of nitrogens with two attached hydrogens (primary N) is 2. The molecule has 0 aliphatic rings. The number of anilines is 2. The largest absolute Gasteiger partial charge is 0.493 e. The van der Waals surface area contributed by atoms with Gasteiger partial charge in [0.15, 0.2) is 11.5 Å². The van der Waals surface area contributed by atoms with Crippen molar-refractivity contribution in [1.82, 2.24) is 29.1 Å². The average molecular weight is 761 g/mol. The normalized spacial score (nSPS) is 11.6. The SMILES string of the molecule is COc1ccccc1Oc1ccc(-c2cn(C(C)(C)C)c3ncnc(N)c23)cc1.Cc1cccc(Oc2ccc(-c3cn(C(C)(C)C)c4ncnc(N)c34)cc2)c1. The molecule has 0 atom stereocenters. The van der Waals surface area contributed by atoms with Crippen molar-refractivity contribution in [3.8, 4) is 51.0 Å². The van der Waals surface area contributed by atoms with Crippen molar-refractivity contribution >= 4 is 33.7 Å². The van der Waals surface area contributed by atoms with Crippen LogP contribution in [-0.2, 0) is 11.1 Å².